The molecular formula is C17H15N3O5. The van der Waals surface area contributed by atoms with Crippen molar-refractivity contribution in [2.24, 2.45) is 5.10 Å². The van der Waals surface area contributed by atoms with Crippen LogP contribution in [0.3, 0.4) is 0 Å². The van der Waals surface area contributed by atoms with Crippen LogP contribution in [0.2, 0.25) is 0 Å². The van der Waals surface area contributed by atoms with Gasteiger partial charge in [-0.05, 0) is 47.5 Å². The van der Waals surface area contributed by atoms with Crippen molar-refractivity contribution in [2.45, 2.75) is 0 Å². The third-order valence-electron chi connectivity index (χ3n) is 3.09. The van der Waals surface area contributed by atoms with E-state index in [1.807, 2.05) is 0 Å². The summed E-state index contributed by atoms with van der Waals surface area (Å²) in [6, 6.07) is 10.5. The lowest BCUT2D eigenvalue weighted by molar-refractivity contribution is -0.124. The number of phenolic OH excluding ortho intramolecular Hbond substituents is 2. The number of benzene rings is 2. The third-order valence-corrected chi connectivity index (χ3v) is 3.09. The molecule has 0 saturated carbocycles. The van der Waals surface area contributed by atoms with Gasteiger partial charge < -0.3 is 10.2 Å². The van der Waals surface area contributed by atoms with E-state index in [4.69, 9.17) is 5.21 Å². The number of hydroxylamine groups is 1. The van der Waals surface area contributed by atoms with Crippen molar-refractivity contribution < 1.29 is 25.0 Å². The highest BCUT2D eigenvalue weighted by Crippen LogP contribution is 2.23. The summed E-state index contributed by atoms with van der Waals surface area (Å²) >= 11 is 0. The average Bonchev–Trinajstić information content (AvgIpc) is 2.63. The second kappa shape index (κ2) is 8.27. The Morgan fingerprint density at radius 1 is 0.960 bits per heavy atom. The van der Waals surface area contributed by atoms with Crippen LogP contribution in [0.1, 0.15) is 21.5 Å². The molecule has 2 rings (SSSR count). The number of amides is 2. The summed E-state index contributed by atoms with van der Waals surface area (Å²) in [5.41, 5.74) is 5.33. The van der Waals surface area contributed by atoms with Gasteiger partial charge in [0.1, 0.15) is 0 Å². The van der Waals surface area contributed by atoms with Crippen LogP contribution >= 0.6 is 0 Å². The topological polar surface area (TPSA) is 131 Å². The van der Waals surface area contributed by atoms with E-state index in [1.165, 1.54) is 36.0 Å². The number of hydrogen-bond donors (Lipinski definition) is 5. The highest BCUT2D eigenvalue weighted by molar-refractivity contribution is 5.95. The molecule has 0 heterocycles. The first-order chi connectivity index (χ1) is 12.0. The van der Waals surface area contributed by atoms with Crippen LogP contribution in [-0.2, 0) is 4.79 Å². The van der Waals surface area contributed by atoms with Crippen LogP contribution in [0, 0.1) is 0 Å². The molecule has 2 aromatic carbocycles. The summed E-state index contributed by atoms with van der Waals surface area (Å²) in [6.45, 7) is 0. The minimum absolute atomic E-state index is 0.244. The Kier molecular flexibility index (Phi) is 5.86. The van der Waals surface area contributed by atoms with Gasteiger partial charge in [0.25, 0.3) is 11.8 Å². The second-order valence-corrected chi connectivity index (χ2v) is 4.88. The highest BCUT2D eigenvalue weighted by Gasteiger charge is 2.04. The van der Waals surface area contributed by atoms with Gasteiger partial charge in [-0.15, -0.1) is 0 Å². The molecule has 2 amide bonds. The van der Waals surface area contributed by atoms with E-state index in [1.54, 1.807) is 24.3 Å². The van der Waals surface area contributed by atoms with Gasteiger partial charge in [-0.3, -0.25) is 14.8 Å². The standard InChI is InChI=1S/C17H15N3O5/c21-14-7-3-12(9-15(14)22)10-18-19-17(24)13-5-1-11(2-6-13)4-8-16(23)20-25/h1-10,21-22,25H,(H,19,24)(H,20,23)/b8-4+,18-10+. The lowest BCUT2D eigenvalue weighted by Gasteiger charge is -2.01. The number of nitrogens with one attached hydrogen (secondary N) is 2. The van der Waals surface area contributed by atoms with Crippen LogP contribution in [0.25, 0.3) is 6.08 Å². The van der Waals surface area contributed by atoms with E-state index in [9.17, 15) is 19.8 Å². The van der Waals surface area contributed by atoms with Gasteiger partial charge in [-0.1, -0.05) is 12.1 Å². The summed E-state index contributed by atoms with van der Waals surface area (Å²) in [5.74, 6) is -1.63. The number of rotatable bonds is 5. The van der Waals surface area contributed by atoms with Crippen molar-refractivity contribution in [3.8, 4) is 11.5 Å². The number of hydrazone groups is 1. The third kappa shape index (κ3) is 5.19. The van der Waals surface area contributed by atoms with Gasteiger partial charge in [0.15, 0.2) is 11.5 Å². The fourth-order valence-corrected chi connectivity index (χ4v) is 1.81. The van der Waals surface area contributed by atoms with Gasteiger partial charge in [-0.2, -0.15) is 5.10 Å². The van der Waals surface area contributed by atoms with E-state index < -0.39 is 11.8 Å². The molecule has 0 aliphatic carbocycles. The molecule has 0 atom stereocenters. The largest absolute Gasteiger partial charge is 0.504 e. The van der Waals surface area contributed by atoms with Gasteiger partial charge in [0.2, 0.25) is 0 Å². The number of hydrogen-bond acceptors (Lipinski definition) is 6. The Labute approximate surface area is 142 Å². The van der Waals surface area contributed by atoms with Crippen molar-refractivity contribution in [3.63, 3.8) is 0 Å². The fourth-order valence-electron chi connectivity index (χ4n) is 1.81. The normalized spacial score (nSPS) is 10.9. The summed E-state index contributed by atoms with van der Waals surface area (Å²) < 4.78 is 0. The lowest BCUT2D eigenvalue weighted by Crippen LogP contribution is -2.17. The highest BCUT2D eigenvalue weighted by atomic mass is 16.5. The molecular weight excluding hydrogens is 326 g/mol. The van der Waals surface area contributed by atoms with Gasteiger partial charge in [-0.25, -0.2) is 10.9 Å². The van der Waals surface area contributed by atoms with Crippen molar-refractivity contribution in [2.75, 3.05) is 0 Å². The van der Waals surface area contributed by atoms with Crippen LogP contribution in [0.15, 0.2) is 53.6 Å². The maximum absolute atomic E-state index is 12.0. The summed E-state index contributed by atoms with van der Waals surface area (Å²) in [6.07, 6.45) is 3.94. The number of nitrogens with zero attached hydrogens (tertiary/aromatic N) is 1. The molecule has 2 aromatic rings. The minimum Gasteiger partial charge on any atom is -0.504 e. The Morgan fingerprint density at radius 2 is 1.64 bits per heavy atom. The second-order valence-electron chi connectivity index (χ2n) is 4.88. The van der Waals surface area contributed by atoms with E-state index in [-0.39, 0.29) is 11.5 Å². The van der Waals surface area contributed by atoms with Crippen LogP contribution in [-0.4, -0.2) is 33.4 Å². The smallest absolute Gasteiger partial charge is 0.271 e. The average molecular weight is 341 g/mol. The molecule has 8 heteroatoms. The predicted octanol–water partition coefficient (Wildman–Crippen LogP) is 1.38. The molecule has 0 fully saturated rings. The summed E-state index contributed by atoms with van der Waals surface area (Å²) in [5, 5.41) is 30.7. The van der Waals surface area contributed by atoms with Gasteiger partial charge in [0.05, 0.1) is 6.21 Å². The maximum atomic E-state index is 12.0. The molecule has 0 aliphatic rings. The summed E-state index contributed by atoms with van der Waals surface area (Å²) in [4.78, 5) is 22.8. The zero-order valence-corrected chi connectivity index (χ0v) is 12.9. The van der Waals surface area contributed by atoms with Gasteiger partial charge in [0, 0.05) is 11.6 Å². The molecule has 0 bridgehead atoms. The van der Waals surface area contributed by atoms with Crippen molar-refractivity contribution in [3.05, 3.63) is 65.2 Å². The molecule has 5 N–H and O–H groups in total. The fraction of sp³-hybridized carbons (Fsp3) is 0. The number of carbonyl (C=O) groups is 2. The zero-order chi connectivity index (χ0) is 18.2. The number of aromatic hydroxyl groups is 2. The lowest BCUT2D eigenvalue weighted by atomic mass is 10.1. The molecule has 0 saturated heterocycles. The Bertz CT molecular complexity index is 829. The Hall–Kier alpha value is -3.65. The first-order valence-electron chi connectivity index (χ1n) is 7.07. The molecule has 0 spiro atoms. The zero-order valence-electron chi connectivity index (χ0n) is 12.9. The molecule has 8 nitrogen and oxygen atoms in total. The van der Waals surface area contributed by atoms with Gasteiger partial charge >= 0.3 is 0 Å². The first kappa shape index (κ1) is 17.7. The number of phenols is 2. The molecule has 0 aromatic heterocycles. The van der Waals surface area contributed by atoms with Crippen molar-refractivity contribution in [1.29, 1.82) is 0 Å². The molecule has 128 valence electrons. The minimum atomic E-state index is -0.656. The molecule has 0 unspecified atom stereocenters. The van der Waals surface area contributed by atoms with Crippen molar-refractivity contribution in [1.82, 2.24) is 10.9 Å². The maximum Gasteiger partial charge on any atom is 0.271 e. The SMILES string of the molecule is O=C(/C=C/c1ccc(C(=O)N/N=C/c2ccc(O)c(O)c2)cc1)NO. The molecule has 0 aliphatic heterocycles. The Morgan fingerprint density at radius 3 is 2.28 bits per heavy atom. The monoisotopic (exact) mass is 341 g/mol. The van der Waals surface area contributed by atoms with E-state index in [2.05, 4.69) is 10.5 Å². The Balaban J connectivity index is 1.96. The summed E-state index contributed by atoms with van der Waals surface area (Å²) in [7, 11) is 0. The van der Waals surface area contributed by atoms with E-state index >= 15 is 0 Å². The molecule has 0 radical (unpaired) electrons. The first-order valence-corrected chi connectivity index (χ1v) is 7.07. The van der Waals surface area contributed by atoms with Crippen LogP contribution < -0.4 is 10.9 Å². The molecule has 25 heavy (non-hydrogen) atoms. The predicted molar refractivity (Wildman–Crippen MR) is 90.2 cm³/mol. The van der Waals surface area contributed by atoms with E-state index in [0.717, 1.165) is 6.08 Å². The van der Waals surface area contributed by atoms with Crippen LogP contribution in [0.5, 0.6) is 11.5 Å². The van der Waals surface area contributed by atoms with Crippen LogP contribution in [0.4, 0.5) is 0 Å². The quantitative estimate of drug-likeness (QED) is 0.184. The van der Waals surface area contributed by atoms with Crippen molar-refractivity contribution >= 4 is 24.1 Å². The van der Waals surface area contributed by atoms with E-state index in [0.29, 0.717) is 16.7 Å². The number of carbonyl (C=O) groups excluding carboxylic acids is 2.